The maximum absolute atomic E-state index is 12.8. The van der Waals surface area contributed by atoms with E-state index in [0.29, 0.717) is 11.0 Å². The van der Waals surface area contributed by atoms with Gasteiger partial charge in [-0.05, 0) is 0 Å². The van der Waals surface area contributed by atoms with Crippen molar-refractivity contribution in [3.05, 3.63) is 39.8 Å². The van der Waals surface area contributed by atoms with Gasteiger partial charge in [0.05, 0.1) is 13.1 Å². The van der Waals surface area contributed by atoms with Crippen molar-refractivity contribution in [3.8, 4) is 0 Å². The van der Waals surface area contributed by atoms with Crippen LogP contribution >= 0.6 is 0 Å². The van der Waals surface area contributed by atoms with Crippen molar-refractivity contribution in [2.24, 2.45) is 5.92 Å². The molecule has 3 aliphatic rings. The van der Waals surface area contributed by atoms with Gasteiger partial charge in [-0.2, -0.15) is 0 Å². The third kappa shape index (κ3) is 3.64. The molecule has 1 amide bonds. The fourth-order valence-corrected chi connectivity index (χ4v) is 4.61. The highest BCUT2D eigenvalue weighted by Crippen LogP contribution is 2.35. The van der Waals surface area contributed by atoms with E-state index in [1.54, 1.807) is 0 Å². The summed E-state index contributed by atoms with van der Waals surface area (Å²) in [6.07, 6.45) is 4.25. The average Bonchev–Trinajstić information content (AvgIpc) is 3.19. The fourth-order valence-electron chi connectivity index (χ4n) is 4.61. The van der Waals surface area contributed by atoms with Crippen LogP contribution in [0.4, 0.5) is 10.7 Å². The van der Waals surface area contributed by atoms with Crippen LogP contribution in [0.15, 0.2) is 28.6 Å². The number of fused-ring (bicyclic) bond motifs is 4. The second kappa shape index (κ2) is 7.64. The van der Waals surface area contributed by atoms with E-state index in [2.05, 4.69) is 35.2 Å². The molecule has 0 spiro atoms. The van der Waals surface area contributed by atoms with Crippen LogP contribution in [-0.2, 0) is 9.53 Å². The molecule has 0 radical (unpaired) electrons. The minimum absolute atomic E-state index is 0.0225. The largest absolute Gasteiger partial charge is 0.439 e. The Kier molecular flexibility index (Phi) is 4.77. The minimum atomic E-state index is -0.742. The van der Waals surface area contributed by atoms with Crippen molar-refractivity contribution in [2.75, 3.05) is 31.5 Å². The summed E-state index contributed by atoms with van der Waals surface area (Å²) in [7, 11) is 0. The standard InChI is InChI=1S/C18H19N9O5/c28-12(23-16-20-7-19-8-21-16)6-27-3-1-10(2-4-27)11(5-27)32-18(31)26-9-22-13-14(26)24-17(30)25-15(13)29/h7-11H,1-6H2,(H2-,19,20,21,23,24,25,28,29,30)/p+1/t10?,11-,27?/m0/s1. The molecule has 6 rings (SSSR count). The number of quaternary nitrogens is 1. The predicted octanol–water partition coefficient (Wildman–Crippen LogP) is -1.17. The van der Waals surface area contributed by atoms with Crippen LogP contribution < -0.4 is 16.6 Å². The molecule has 0 saturated carbocycles. The molecular formula is C18H20N9O5+. The van der Waals surface area contributed by atoms with E-state index in [1.807, 2.05) is 0 Å². The first kappa shape index (κ1) is 20.0. The van der Waals surface area contributed by atoms with Gasteiger partial charge in [0.2, 0.25) is 5.95 Å². The quantitative estimate of drug-likeness (QED) is 0.420. The second-order valence-electron chi connectivity index (χ2n) is 8.12. The van der Waals surface area contributed by atoms with Crippen LogP contribution in [0.25, 0.3) is 11.2 Å². The number of carbonyl (C=O) groups excluding carboxylic acids is 2. The van der Waals surface area contributed by atoms with E-state index in [-0.39, 0.29) is 35.5 Å². The molecule has 1 atom stereocenters. The number of amides is 1. The molecule has 3 aliphatic heterocycles. The van der Waals surface area contributed by atoms with E-state index in [1.165, 1.54) is 12.7 Å². The van der Waals surface area contributed by atoms with Gasteiger partial charge in [0, 0.05) is 18.8 Å². The van der Waals surface area contributed by atoms with Crippen molar-refractivity contribution < 1.29 is 18.8 Å². The Morgan fingerprint density at radius 2 is 1.91 bits per heavy atom. The number of ether oxygens (including phenoxy) is 1. The molecule has 0 aliphatic carbocycles. The van der Waals surface area contributed by atoms with Gasteiger partial charge in [-0.1, -0.05) is 0 Å². The highest BCUT2D eigenvalue weighted by atomic mass is 16.6. The average molecular weight is 442 g/mol. The summed E-state index contributed by atoms with van der Waals surface area (Å²) in [5.41, 5.74) is -1.51. The number of piperidine rings is 3. The van der Waals surface area contributed by atoms with Gasteiger partial charge < -0.3 is 9.22 Å². The van der Waals surface area contributed by atoms with E-state index in [4.69, 9.17) is 4.74 Å². The minimum Gasteiger partial charge on any atom is -0.439 e. The normalized spacial score (nSPS) is 24.4. The molecule has 3 aromatic rings. The first-order valence-electron chi connectivity index (χ1n) is 10.1. The predicted molar refractivity (Wildman–Crippen MR) is 108 cm³/mol. The molecule has 14 heteroatoms. The Labute approximate surface area is 179 Å². The summed E-state index contributed by atoms with van der Waals surface area (Å²) in [6.45, 7) is 2.31. The number of nitrogens with one attached hydrogen (secondary N) is 3. The van der Waals surface area contributed by atoms with Crippen molar-refractivity contribution in [2.45, 2.75) is 18.9 Å². The number of nitrogens with zero attached hydrogens (tertiary/aromatic N) is 6. The molecule has 3 aromatic heterocycles. The number of rotatable bonds is 4. The molecule has 166 valence electrons. The van der Waals surface area contributed by atoms with Crippen LogP contribution in [0.2, 0.25) is 0 Å². The Morgan fingerprint density at radius 3 is 2.66 bits per heavy atom. The maximum atomic E-state index is 12.8. The molecule has 6 heterocycles. The topological polar surface area (TPSA) is 178 Å². The zero-order valence-corrected chi connectivity index (χ0v) is 16.9. The van der Waals surface area contributed by atoms with Crippen LogP contribution in [0.3, 0.4) is 0 Å². The second-order valence-corrected chi connectivity index (χ2v) is 8.12. The summed E-state index contributed by atoms with van der Waals surface area (Å²) in [6, 6.07) is 0. The highest BCUT2D eigenvalue weighted by molar-refractivity contribution is 5.89. The number of H-pyrrole nitrogens is 2. The molecule has 0 unspecified atom stereocenters. The van der Waals surface area contributed by atoms with Gasteiger partial charge in [-0.25, -0.2) is 34.1 Å². The molecule has 3 saturated heterocycles. The van der Waals surface area contributed by atoms with E-state index in [0.717, 1.165) is 36.8 Å². The Balaban J connectivity index is 1.30. The van der Waals surface area contributed by atoms with E-state index >= 15 is 0 Å². The third-order valence-electron chi connectivity index (χ3n) is 6.16. The molecule has 3 N–H and O–H groups in total. The monoisotopic (exact) mass is 442 g/mol. The summed E-state index contributed by atoms with van der Waals surface area (Å²) in [4.78, 5) is 68.7. The Morgan fingerprint density at radius 1 is 1.16 bits per heavy atom. The number of aromatic amines is 2. The summed E-state index contributed by atoms with van der Waals surface area (Å²) in [5.74, 6) is 0.149. The first-order chi connectivity index (χ1) is 15.4. The Hall–Kier alpha value is -3.94. The molecule has 3 fully saturated rings. The van der Waals surface area contributed by atoms with E-state index in [9.17, 15) is 19.2 Å². The lowest BCUT2D eigenvalue weighted by Gasteiger charge is -2.51. The van der Waals surface area contributed by atoms with Crippen LogP contribution in [0.5, 0.6) is 0 Å². The van der Waals surface area contributed by atoms with Gasteiger partial charge in [0.25, 0.3) is 11.5 Å². The maximum Gasteiger partial charge on any atom is 0.421 e. The molecular weight excluding hydrogens is 422 g/mol. The van der Waals surface area contributed by atoms with Gasteiger partial charge in [0.15, 0.2) is 23.8 Å². The smallest absolute Gasteiger partial charge is 0.421 e. The lowest BCUT2D eigenvalue weighted by molar-refractivity contribution is -0.938. The van der Waals surface area contributed by atoms with Crippen molar-refractivity contribution >= 4 is 29.1 Å². The molecule has 0 aromatic carbocycles. The SMILES string of the molecule is O=C(C[N+]12CCC(CC1)[C@@H](OC(=O)n1cnc3c(=O)[nH]c(=O)[nH]c31)C2)Nc1ncncn1. The van der Waals surface area contributed by atoms with Gasteiger partial charge in [-0.3, -0.25) is 24.9 Å². The number of carbonyl (C=O) groups is 2. The van der Waals surface area contributed by atoms with Crippen LogP contribution in [0.1, 0.15) is 12.8 Å². The van der Waals surface area contributed by atoms with Gasteiger partial charge in [-0.15, -0.1) is 0 Å². The fraction of sp³-hybridized carbons (Fsp3) is 0.444. The first-order valence-corrected chi connectivity index (χ1v) is 10.1. The van der Waals surface area contributed by atoms with Crippen molar-refractivity contribution in [3.63, 3.8) is 0 Å². The van der Waals surface area contributed by atoms with Gasteiger partial charge >= 0.3 is 11.8 Å². The number of hydrogen-bond acceptors (Lipinski definition) is 9. The summed E-state index contributed by atoms with van der Waals surface area (Å²) >= 11 is 0. The zero-order chi connectivity index (χ0) is 22.3. The van der Waals surface area contributed by atoms with Crippen LogP contribution in [0, 0.1) is 5.92 Å². The van der Waals surface area contributed by atoms with Crippen molar-refractivity contribution in [1.29, 1.82) is 0 Å². The van der Waals surface area contributed by atoms with Gasteiger partial charge in [0.1, 0.15) is 25.5 Å². The number of hydrogen-bond donors (Lipinski definition) is 3. The number of anilines is 1. The van der Waals surface area contributed by atoms with Crippen LogP contribution in [-0.4, -0.2) is 83.2 Å². The summed E-state index contributed by atoms with van der Waals surface area (Å²) < 4.78 is 7.26. The zero-order valence-electron chi connectivity index (χ0n) is 16.9. The molecule has 14 nitrogen and oxygen atoms in total. The molecule has 2 bridgehead atoms. The number of aromatic nitrogens is 7. The highest BCUT2D eigenvalue weighted by Gasteiger charge is 2.48. The third-order valence-corrected chi connectivity index (χ3v) is 6.16. The van der Waals surface area contributed by atoms with E-state index < -0.39 is 23.4 Å². The Bertz CT molecular complexity index is 1290. The lowest BCUT2D eigenvalue weighted by atomic mass is 9.83. The van der Waals surface area contributed by atoms with Crippen molar-refractivity contribution in [1.82, 2.24) is 34.5 Å². The summed E-state index contributed by atoms with van der Waals surface area (Å²) in [5, 5.41) is 2.67. The number of imidazole rings is 1. The lowest BCUT2D eigenvalue weighted by Crippen LogP contribution is -2.66. The molecule has 32 heavy (non-hydrogen) atoms.